The van der Waals surface area contributed by atoms with E-state index in [0.717, 1.165) is 28.7 Å². The van der Waals surface area contributed by atoms with Gasteiger partial charge in [-0.2, -0.15) is 0 Å². The molecule has 0 amide bonds. The molecule has 2 saturated carbocycles. The number of aliphatic hydroxyl groups excluding tert-OH is 1. The summed E-state index contributed by atoms with van der Waals surface area (Å²) >= 11 is 6.37. The SMILES string of the molecule is CC1Nc2c(c(Cl)nc3c2ncn3[C@H]2CC[C@@H]3CC[C@@H]32)C1O. The third kappa shape index (κ3) is 1.53. The van der Waals surface area contributed by atoms with E-state index in [2.05, 4.69) is 19.9 Å². The van der Waals surface area contributed by atoms with Crippen molar-refractivity contribution in [2.24, 2.45) is 11.8 Å². The smallest absolute Gasteiger partial charge is 0.163 e. The van der Waals surface area contributed by atoms with Crippen molar-refractivity contribution >= 4 is 28.5 Å². The number of hydrogen-bond donors (Lipinski definition) is 2. The molecule has 0 bridgehead atoms. The molecular weight excluding hydrogens is 300 g/mol. The Balaban J connectivity index is 1.67. The van der Waals surface area contributed by atoms with Gasteiger partial charge in [-0.3, -0.25) is 0 Å². The average molecular weight is 319 g/mol. The maximum Gasteiger partial charge on any atom is 0.163 e. The van der Waals surface area contributed by atoms with Crippen LogP contribution in [0.2, 0.25) is 5.15 Å². The Bertz CT molecular complexity index is 773. The van der Waals surface area contributed by atoms with Crippen LogP contribution in [0.1, 0.15) is 50.3 Å². The quantitative estimate of drug-likeness (QED) is 0.792. The van der Waals surface area contributed by atoms with Crippen LogP contribution in [0, 0.1) is 11.8 Å². The van der Waals surface area contributed by atoms with E-state index in [1.165, 1.54) is 25.7 Å². The molecule has 2 unspecified atom stereocenters. The molecule has 1 aliphatic heterocycles. The number of pyridine rings is 1. The zero-order valence-corrected chi connectivity index (χ0v) is 13.2. The van der Waals surface area contributed by atoms with E-state index in [9.17, 15) is 5.11 Å². The highest BCUT2D eigenvalue weighted by atomic mass is 35.5. The molecule has 2 aromatic rings. The Hall–Kier alpha value is -1.33. The first-order valence-corrected chi connectivity index (χ1v) is 8.53. The molecule has 2 fully saturated rings. The third-order valence-corrected chi connectivity index (χ3v) is 6.29. The normalized spacial score (nSPS) is 36.0. The van der Waals surface area contributed by atoms with Crippen LogP contribution in [0.3, 0.4) is 0 Å². The predicted octanol–water partition coefficient (Wildman–Crippen LogP) is 3.29. The molecule has 3 aliphatic rings. The van der Waals surface area contributed by atoms with Gasteiger partial charge in [0.25, 0.3) is 0 Å². The van der Waals surface area contributed by atoms with Crippen LogP contribution in [0.15, 0.2) is 6.33 Å². The second kappa shape index (κ2) is 4.36. The minimum absolute atomic E-state index is 0.0625. The van der Waals surface area contributed by atoms with Gasteiger partial charge in [-0.05, 0) is 44.4 Å². The van der Waals surface area contributed by atoms with Gasteiger partial charge in [0.05, 0.1) is 18.1 Å². The predicted molar refractivity (Wildman–Crippen MR) is 85.1 cm³/mol. The molecular formula is C16H19ClN4O. The molecule has 5 nitrogen and oxygen atoms in total. The van der Waals surface area contributed by atoms with Crippen molar-refractivity contribution in [1.29, 1.82) is 0 Å². The van der Waals surface area contributed by atoms with Gasteiger partial charge in [-0.1, -0.05) is 11.6 Å². The summed E-state index contributed by atoms with van der Waals surface area (Å²) in [6, 6.07) is 0.446. The molecule has 0 radical (unpaired) electrons. The van der Waals surface area contributed by atoms with E-state index in [1.807, 2.05) is 13.3 Å². The minimum atomic E-state index is -0.618. The highest BCUT2D eigenvalue weighted by molar-refractivity contribution is 6.31. The number of rotatable bonds is 1. The lowest BCUT2D eigenvalue weighted by Gasteiger charge is -2.34. The second-order valence-electron chi connectivity index (χ2n) is 7.04. The number of hydrogen-bond acceptors (Lipinski definition) is 4. The van der Waals surface area contributed by atoms with Crippen LogP contribution in [-0.2, 0) is 0 Å². The highest BCUT2D eigenvalue weighted by Crippen LogP contribution is 2.53. The fourth-order valence-corrected chi connectivity index (χ4v) is 4.93. The van der Waals surface area contributed by atoms with Crippen molar-refractivity contribution in [2.45, 2.75) is 50.8 Å². The van der Waals surface area contributed by atoms with Gasteiger partial charge in [0.1, 0.15) is 16.8 Å². The first kappa shape index (κ1) is 13.1. The van der Waals surface area contributed by atoms with Crippen LogP contribution in [0.4, 0.5) is 5.69 Å². The second-order valence-corrected chi connectivity index (χ2v) is 7.40. The molecule has 5 atom stereocenters. The number of aromatic nitrogens is 3. The van der Waals surface area contributed by atoms with E-state index < -0.39 is 6.10 Å². The third-order valence-electron chi connectivity index (χ3n) is 6.00. The van der Waals surface area contributed by atoms with Crippen LogP contribution >= 0.6 is 11.6 Å². The van der Waals surface area contributed by atoms with Crippen LogP contribution < -0.4 is 5.32 Å². The topological polar surface area (TPSA) is 63.0 Å². The lowest BCUT2D eigenvalue weighted by atomic mass is 9.75. The first-order valence-electron chi connectivity index (χ1n) is 8.15. The highest BCUT2D eigenvalue weighted by Gasteiger charge is 2.44. The number of halogens is 1. The van der Waals surface area contributed by atoms with E-state index in [1.54, 1.807) is 0 Å². The zero-order valence-electron chi connectivity index (χ0n) is 12.5. The summed E-state index contributed by atoms with van der Waals surface area (Å²) in [7, 11) is 0. The largest absolute Gasteiger partial charge is 0.386 e. The van der Waals surface area contributed by atoms with Crippen molar-refractivity contribution in [3.05, 3.63) is 17.0 Å². The van der Waals surface area contributed by atoms with E-state index in [0.29, 0.717) is 16.8 Å². The fraction of sp³-hybridized carbons (Fsp3) is 0.625. The molecule has 116 valence electrons. The molecule has 0 saturated heterocycles. The monoisotopic (exact) mass is 318 g/mol. The van der Waals surface area contributed by atoms with Gasteiger partial charge in [0, 0.05) is 11.6 Å². The van der Waals surface area contributed by atoms with Crippen molar-refractivity contribution in [2.75, 3.05) is 5.32 Å². The van der Waals surface area contributed by atoms with Gasteiger partial charge in [0.2, 0.25) is 0 Å². The molecule has 0 spiro atoms. The Morgan fingerprint density at radius 1 is 1.32 bits per heavy atom. The van der Waals surface area contributed by atoms with E-state index in [-0.39, 0.29) is 6.04 Å². The average Bonchev–Trinajstić information content (AvgIpc) is 3.07. The van der Waals surface area contributed by atoms with Crippen molar-refractivity contribution in [3.8, 4) is 0 Å². The molecule has 6 heteroatoms. The molecule has 3 heterocycles. The van der Waals surface area contributed by atoms with Crippen LogP contribution in [-0.4, -0.2) is 25.7 Å². The molecule has 0 aromatic carbocycles. The Morgan fingerprint density at radius 2 is 2.14 bits per heavy atom. The summed E-state index contributed by atoms with van der Waals surface area (Å²) in [4.78, 5) is 9.18. The van der Waals surface area contributed by atoms with Crippen LogP contribution in [0.25, 0.3) is 11.2 Å². The molecule has 2 aromatic heterocycles. The lowest BCUT2D eigenvalue weighted by molar-refractivity contribution is 0.170. The summed E-state index contributed by atoms with van der Waals surface area (Å²) in [5, 5.41) is 14.0. The van der Waals surface area contributed by atoms with Gasteiger partial charge in [-0.15, -0.1) is 0 Å². The standard InChI is InChI=1S/C16H19ClN4O/c1-7-14(22)11-12(19-7)13-16(20-15(11)17)21(6-18-13)10-5-3-8-2-4-9(8)10/h6-10,14,19,22H,2-5H2,1H3/t7?,8-,9-,10-,14?/m0/s1. The number of imidazole rings is 1. The maximum atomic E-state index is 10.3. The van der Waals surface area contributed by atoms with Crippen molar-refractivity contribution in [1.82, 2.24) is 14.5 Å². The zero-order chi connectivity index (χ0) is 15.0. The molecule has 2 aliphatic carbocycles. The molecule has 5 rings (SSSR count). The van der Waals surface area contributed by atoms with Gasteiger partial charge >= 0.3 is 0 Å². The number of anilines is 1. The number of nitrogens with zero attached hydrogens (tertiary/aromatic N) is 3. The summed E-state index contributed by atoms with van der Waals surface area (Å²) in [5.41, 5.74) is 3.25. The first-order chi connectivity index (χ1) is 10.6. The van der Waals surface area contributed by atoms with E-state index in [4.69, 9.17) is 11.6 Å². The minimum Gasteiger partial charge on any atom is -0.386 e. The van der Waals surface area contributed by atoms with Crippen LogP contribution in [0.5, 0.6) is 0 Å². The number of fused-ring (bicyclic) bond motifs is 4. The summed E-state index contributed by atoms with van der Waals surface area (Å²) < 4.78 is 2.22. The van der Waals surface area contributed by atoms with Crippen molar-refractivity contribution in [3.63, 3.8) is 0 Å². The maximum absolute atomic E-state index is 10.3. The molecule has 22 heavy (non-hydrogen) atoms. The summed E-state index contributed by atoms with van der Waals surface area (Å²) in [6.07, 6.45) is 6.53. The van der Waals surface area contributed by atoms with Gasteiger partial charge in [0.15, 0.2) is 5.65 Å². The summed E-state index contributed by atoms with van der Waals surface area (Å²) in [5.74, 6) is 1.68. The van der Waals surface area contributed by atoms with E-state index >= 15 is 0 Å². The summed E-state index contributed by atoms with van der Waals surface area (Å²) in [6.45, 7) is 1.94. The van der Waals surface area contributed by atoms with Gasteiger partial charge in [-0.25, -0.2) is 9.97 Å². The van der Waals surface area contributed by atoms with Gasteiger partial charge < -0.3 is 15.0 Å². The Kier molecular flexibility index (Phi) is 2.60. The molecule has 2 N–H and O–H groups in total. The Labute approximate surface area is 133 Å². The fourth-order valence-electron chi connectivity index (χ4n) is 4.64. The number of nitrogens with one attached hydrogen (secondary N) is 1. The lowest BCUT2D eigenvalue weighted by Crippen LogP contribution is -2.26. The van der Waals surface area contributed by atoms with Crippen molar-refractivity contribution < 1.29 is 5.11 Å². The number of aliphatic hydroxyl groups is 1. The Morgan fingerprint density at radius 3 is 2.86 bits per heavy atom.